The number of urea groups is 1. The van der Waals surface area contributed by atoms with Crippen molar-refractivity contribution < 1.29 is 19.4 Å². The number of benzene rings is 1. The second-order valence-electron chi connectivity index (χ2n) is 7.07. The molecule has 1 saturated heterocycles. The summed E-state index contributed by atoms with van der Waals surface area (Å²) >= 11 is 0. The average molecular weight is 363 g/mol. The Bertz CT molecular complexity index is 639. The van der Waals surface area contributed by atoms with Crippen LogP contribution < -0.4 is 5.32 Å². The van der Waals surface area contributed by atoms with Gasteiger partial charge < -0.3 is 20.1 Å². The van der Waals surface area contributed by atoms with Crippen LogP contribution in [0.4, 0.5) is 4.79 Å². The molecule has 1 atom stereocenters. The number of hydrogen-bond acceptors (Lipinski definition) is 4. The zero-order valence-electron chi connectivity index (χ0n) is 16.0. The molecule has 0 spiro atoms. The standard InChI is InChI=1S/C19H29N3O4/c1-13-7-14(2)17(15(3)8-13)9-20-19(25)22-5-6-26-16(11-22)10-21(4)12-18(23)24/h7-8,16H,5-6,9-12H2,1-4H3,(H,20,25)(H,23,24). The molecule has 1 unspecified atom stereocenters. The van der Waals surface area contributed by atoms with Gasteiger partial charge in [-0.05, 0) is 44.5 Å². The molecule has 1 aromatic rings. The van der Waals surface area contributed by atoms with Crippen LogP contribution in [0.15, 0.2) is 12.1 Å². The molecule has 2 N–H and O–H groups in total. The molecule has 0 aliphatic carbocycles. The summed E-state index contributed by atoms with van der Waals surface area (Å²) in [6, 6.07) is 4.13. The second kappa shape index (κ2) is 9.00. The van der Waals surface area contributed by atoms with E-state index in [2.05, 4.69) is 38.2 Å². The highest BCUT2D eigenvalue weighted by atomic mass is 16.5. The maximum Gasteiger partial charge on any atom is 0.317 e. The number of rotatable bonds is 6. The van der Waals surface area contributed by atoms with Crippen LogP contribution in [0.25, 0.3) is 0 Å². The number of amides is 2. The molecule has 2 rings (SSSR count). The first-order valence-electron chi connectivity index (χ1n) is 8.87. The summed E-state index contributed by atoms with van der Waals surface area (Å²) in [6.07, 6.45) is -0.179. The van der Waals surface area contributed by atoms with Crippen molar-refractivity contribution >= 4 is 12.0 Å². The minimum absolute atomic E-state index is 0.0436. The van der Waals surface area contributed by atoms with Crippen LogP contribution in [-0.2, 0) is 16.1 Å². The first-order chi connectivity index (χ1) is 12.3. The zero-order chi connectivity index (χ0) is 19.3. The lowest BCUT2D eigenvalue weighted by molar-refractivity contribution is -0.138. The molecule has 0 bridgehead atoms. The number of aliphatic carboxylic acids is 1. The number of hydrogen-bond donors (Lipinski definition) is 2. The van der Waals surface area contributed by atoms with Crippen molar-refractivity contribution in [2.24, 2.45) is 0 Å². The molecular weight excluding hydrogens is 334 g/mol. The van der Waals surface area contributed by atoms with Gasteiger partial charge in [-0.1, -0.05) is 17.7 Å². The number of aryl methyl sites for hydroxylation is 3. The average Bonchev–Trinajstić information content (AvgIpc) is 2.53. The van der Waals surface area contributed by atoms with E-state index < -0.39 is 5.97 Å². The van der Waals surface area contributed by atoms with Gasteiger partial charge in [-0.2, -0.15) is 0 Å². The summed E-state index contributed by atoms with van der Waals surface area (Å²) < 4.78 is 5.67. The third kappa shape index (κ3) is 5.71. The van der Waals surface area contributed by atoms with Crippen LogP contribution in [0.2, 0.25) is 0 Å². The van der Waals surface area contributed by atoms with E-state index in [-0.39, 0.29) is 18.7 Å². The Kier molecular flexibility index (Phi) is 6.99. The number of carbonyl (C=O) groups is 2. The van der Waals surface area contributed by atoms with E-state index in [1.165, 1.54) is 16.7 Å². The van der Waals surface area contributed by atoms with E-state index in [0.29, 0.717) is 32.8 Å². The van der Waals surface area contributed by atoms with Crippen molar-refractivity contribution in [3.8, 4) is 0 Å². The van der Waals surface area contributed by atoms with Crippen LogP contribution in [0.1, 0.15) is 22.3 Å². The lowest BCUT2D eigenvalue weighted by atomic mass is 10.00. The SMILES string of the molecule is Cc1cc(C)c(CNC(=O)N2CCOC(CN(C)CC(=O)O)C2)c(C)c1. The zero-order valence-corrected chi connectivity index (χ0v) is 16.0. The van der Waals surface area contributed by atoms with Crippen molar-refractivity contribution in [3.63, 3.8) is 0 Å². The Morgan fingerprint density at radius 2 is 1.96 bits per heavy atom. The maximum atomic E-state index is 12.5. The highest BCUT2D eigenvalue weighted by Gasteiger charge is 2.25. The minimum atomic E-state index is -0.873. The van der Waals surface area contributed by atoms with Crippen LogP contribution in [0.3, 0.4) is 0 Å². The topological polar surface area (TPSA) is 82.1 Å². The van der Waals surface area contributed by atoms with E-state index in [9.17, 15) is 9.59 Å². The Balaban J connectivity index is 1.88. The number of carbonyl (C=O) groups excluding carboxylic acids is 1. The third-order valence-corrected chi connectivity index (χ3v) is 4.60. The Hall–Kier alpha value is -2.12. The van der Waals surface area contributed by atoms with Crippen LogP contribution in [0, 0.1) is 20.8 Å². The van der Waals surface area contributed by atoms with Gasteiger partial charge in [0, 0.05) is 26.2 Å². The van der Waals surface area contributed by atoms with Gasteiger partial charge in [0.25, 0.3) is 0 Å². The first-order valence-corrected chi connectivity index (χ1v) is 8.87. The number of likely N-dealkylation sites (N-methyl/N-ethyl adjacent to an activating group) is 1. The fourth-order valence-corrected chi connectivity index (χ4v) is 3.42. The fourth-order valence-electron chi connectivity index (χ4n) is 3.42. The third-order valence-electron chi connectivity index (χ3n) is 4.60. The number of morpholine rings is 1. The Morgan fingerprint density at radius 3 is 2.58 bits per heavy atom. The molecule has 7 nitrogen and oxygen atoms in total. The molecule has 0 aromatic heterocycles. The van der Waals surface area contributed by atoms with Crippen LogP contribution in [-0.4, -0.2) is 72.8 Å². The molecule has 26 heavy (non-hydrogen) atoms. The van der Waals surface area contributed by atoms with E-state index in [1.807, 2.05) is 0 Å². The van der Waals surface area contributed by atoms with Crippen molar-refractivity contribution in [1.82, 2.24) is 15.1 Å². The van der Waals surface area contributed by atoms with Crippen molar-refractivity contribution in [1.29, 1.82) is 0 Å². The molecule has 1 aromatic carbocycles. The summed E-state index contributed by atoms with van der Waals surface area (Å²) in [5.74, 6) is -0.873. The summed E-state index contributed by atoms with van der Waals surface area (Å²) in [4.78, 5) is 26.7. The van der Waals surface area contributed by atoms with E-state index >= 15 is 0 Å². The summed E-state index contributed by atoms with van der Waals surface area (Å²) in [5.41, 5.74) is 4.72. The maximum absolute atomic E-state index is 12.5. The number of nitrogens with one attached hydrogen (secondary N) is 1. The van der Waals surface area contributed by atoms with Crippen LogP contribution in [0.5, 0.6) is 0 Å². The lowest BCUT2D eigenvalue weighted by Gasteiger charge is -2.34. The van der Waals surface area contributed by atoms with Gasteiger partial charge in [0.15, 0.2) is 0 Å². The Morgan fingerprint density at radius 1 is 1.31 bits per heavy atom. The smallest absolute Gasteiger partial charge is 0.317 e. The predicted octanol–water partition coefficient (Wildman–Crippen LogP) is 1.54. The summed E-state index contributed by atoms with van der Waals surface area (Å²) in [5, 5.41) is 11.8. The molecule has 1 fully saturated rings. The monoisotopic (exact) mass is 363 g/mol. The fraction of sp³-hybridized carbons (Fsp3) is 0.579. The van der Waals surface area contributed by atoms with Crippen molar-refractivity contribution in [3.05, 3.63) is 34.4 Å². The van der Waals surface area contributed by atoms with Crippen molar-refractivity contribution in [2.75, 3.05) is 39.8 Å². The summed E-state index contributed by atoms with van der Waals surface area (Å²) in [7, 11) is 1.74. The number of carboxylic acid groups (broad SMARTS) is 1. The number of ether oxygens (including phenoxy) is 1. The molecule has 0 saturated carbocycles. The molecule has 1 aliphatic heterocycles. The van der Waals surface area contributed by atoms with Gasteiger partial charge in [0.05, 0.1) is 19.3 Å². The minimum Gasteiger partial charge on any atom is -0.480 e. The first kappa shape index (κ1) is 20.2. The summed E-state index contributed by atoms with van der Waals surface area (Å²) in [6.45, 7) is 8.58. The number of nitrogens with zero attached hydrogens (tertiary/aromatic N) is 2. The molecule has 1 heterocycles. The molecule has 0 radical (unpaired) electrons. The van der Waals surface area contributed by atoms with E-state index in [0.717, 1.165) is 5.56 Å². The van der Waals surface area contributed by atoms with Gasteiger partial charge >= 0.3 is 12.0 Å². The Labute approximate surface area is 154 Å². The van der Waals surface area contributed by atoms with Crippen molar-refractivity contribution in [2.45, 2.75) is 33.4 Å². The highest BCUT2D eigenvalue weighted by molar-refractivity contribution is 5.74. The van der Waals surface area contributed by atoms with Gasteiger partial charge in [0.2, 0.25) is 0 Å². The second-order valence-corrected chi connectivity index (χ2v) is 7.07. The van der Waals surface area contributed by atoms with Gasteiger partial charge in [-0.3, -0.25) is 9.69 Å². The molecular formula is C19H29N3O4. The number of carboxylic acids is 1. The molecule has 2 amide bonds. The van der Waals surface area contributed by atoms with E-state index in [4.69, 9.17) is 9.84 Å². The highest BCUT2D eigenvalue weighted by Crippen LogP contribution is 2.16. The molecule has 144 valence electrons. The predicted molar refractivity (Wildman–Crippen MR) is 99.3 cm³/mol. The molecule has 7 heteroatoms. The quantitative estimate of drug-likeness (QED) is 0.801. The normalized spacial score (nSPS) is 17.4. The lowest BCUT2D eigenvalue weighted by Crippen LogP contribution is -2.52. The van der Waals surface area contributed by atoms with Gasteiger partial charge in [0.1, 0.15) is 0 Å². The van der Waals surface area contributed by atoms with Crippen LogP contribution >= 0.6 is 0 Å². The van der Waals surface area contributed by atoms with Gasteiger partial charge in [-0.15, -0.1) is 0 Å². The van der Waals surface area contributed by atoms with Gasteiger partial charge in [-0.25, -0.2) is 4.79 Å². The largest absolute Gasteiger partial charge is 0.480 e. The molecule has 1 aliphatic rings. The van der Waals surface area contributed by atoms with E-state index in [1.54, 1.807) is 16.8 Å².